The third-order valence-corrected chi connectivity index (χ3v) is 4.29. The first kappa shape index (κ1) is 10.6. The molecule has 0 heterocycles. The first-order chi connectivity index (χ1) is 8.16. The van der Waals surface area contributed by atoms with Crippen molar-refractivity contribution in [2.75, 3.05) is 0 Å². The maximum Gasteiger partial charge on any atom is 0.0184 e. The topological polar surface area (TPSA) is 0 Å². The van der Waals surface area contributed by atoms with E-state index in [4.69, 9.17) is 0 Å². The Morgan fingerprint density at radius 3 is 2.41 bits per heavy atom. The van der Waals surface area contributed by atoms with E-state index in [1.54, 1.807) is 0 Å². The molecule has 0 aliphatic heterocycles. The van der Waals surface area contributed by atoms with Crippen LogP contribution < -0.4 is 0 Å². The number of rotatable bonds is 1. The van der Waals surface area contributed by atoms with Gasteiger partial charge in [0.25, 0.3) is 0 Å². The van der Waals surface area contributed by atoms with Crippen molar-refractivity contribution >= 4 is 0 Å². The van der Waals surface area contributed by atoms with Gasteiger partial charge in [-0.25, -0.2) is 0 Å². The fourth-order valence-electron chi connectivity index (χ4n) is 3.09. The molecular formula is C17H18. The van der Waals surface area contributed by atoms with Gasteiger partial charge in [0.1, 0.15) is 0 Å². The van der Waals surface area contributed by atoms with Crippen LogP contribution in [0.15, 0.2) is 42.5 Å². The van der Waals surface area contributed by atoms with E-state index < -0.39 is 0 Å². The molecule has 1 aliphatic carbocycles. The van der Waals surface area contributed by atoms with E-state index in [0.717, 1.165) is 6.42 Å². The summed E-state index contributed by atoms with van der Waals surface area (Å²) >= 11 is 0. The van der Waals surface area contributed by atoms with E-state index in [-0.39, 0.29) is 5.41 Å². The van der Waals surface area contributed by atoms with Gasteiger partial charge in [0.15, 0.2) is 0 Å². The predicted molar refractivity (Wildman–Crippen MR) is 73.4 cm³/mol. The summed E-state index contributed by atoms with van der Waals surface area (Å²) in [6.07, 6.45) is 1.15. The minimum atomic E-state index is 0.194. The molecule has 0 amide bonds. The average molecular weight is 222 g/mol. The highest BCUT2D eigenvalue weighted by Crippen LogP contribution is 2.50. The number of hydrogen-bond acceptors (Lipinski definition) is 0. The molecule has 0 aromatic heterocycles. The number of benzene rings is 2. The SMILES string of the molecule is CCC1(C)c2ccccc2-c2cc(C)ccc21. The van der Waals surface area contributed by atoms with Gasteiger partial charge in [-0.2, -0.15) is 0 Å². The summed E-state index contributed by atoms with van der Waals surface area (Å²) < 4.78 is 0. The normalized spacial score (nSPS) is 21.1. The van der Waals surface area contributed by atoms with E-state index in [9.17, 15) is 0 Å². The molecule has 17 heavy (non-hydrogen) atoms. The first-order valence-electron chi connectivity index (χ1n) is 6.38. The minimum Gasteiger partial charge on any atom is -0.0642 e. The summed E-state index contributed by atoms with van der Waals surface area (Å²) in [4.78, 5) is 0. The Hall–Kier alpha value is -1.56. The monoisotopic (exact) mass is 222 g/mol. The number of hydrogen-bond donors (Lipinski definition) is 0. The minimum absolute atomic E-state index is 0.194. The molecule has 0 radical (unpaired) electrons. The van der Waals surface area contributed by atoms with Crippen LogP contribution in [-0.2, 0) is 5.41 Å². The molecule has 0 bridgehead atoms. The highest BCUT2D eigenvalue weighted by atomic mass is 14.4. The van der Waals surface area contributed by atoms with Crippen molar-refractivity contribution in [2.24, 2.45) is 0 Å². The first-order valence-corrected chi connectivity index (χ1v) is 6.38. The van der Waals surface area contributed by atoms with E-state index >= 15 is 0 Å². The highest BCUT2D eigenvalue weighted by molar-refractivity contribution is 5.81. The van der Waals surface area contributed by atoms with Crippen LogP contribution in [0, 0.1) is 6.92 Å². The average Bonchev–Trinajstić information content (AvgIpc) is 2.61. The lowest BCUT2D eigenvalue weighted by molar-refractivity contribution is 0.564. The Balaban J connectivity index is 2.38. The number of fused-ring (bicyclic) bond motifs is 3. The van der Waals surface area contributed by atoms with Gasteiger partial charge in [-0.15, -0.1) is 0 Å². The Kier molecular flexibility index (Phi) is 2.16. The van der Waals surface area contributed by atoms with Crippen molar-refractivity contribution in [2.45, 2.75) is 32.6 Å². The van der Waals surface area contributed by atoms with Crippen molar-refractivity contribution in [1.29, 1.82) is 0 Å². The lowest BCUT2D eigenvalue weighted by Gasteiger charge is -2.25. The molecule has 86 valence electrons. The van der Waals surface area contributed by atoms with Gasteiger partial charge in [0, 0.05) is 5.41 Å². The zero-order valence-corrected chi connectivity index (χ0v) is 10.7. The molecule has 0 fully saturated rings. The zero-order valence-electron chi connectivity index (χ0n) is 10.7. The molecule has 2 aromatic rings. The molecule has 2 aromatic carbocycles. The van der Waals surface area contributed by atoms with Crippen molar-refractivity contribution in [3.63, 3.8) is 0 Å². The quantitative estimate of drug-likeness (QED) is 0.656. The number of aryl methyl sites for hydroxylation is 1. The van der Waals surface area contributed by atoms with Gasteiger partial charge >= 0.3 is 0 Å². The molecule has 0 N–H and O–H groups in total. The van der Waals surface area contributed by atoms with Gasteiger partial charge in [0.05, 0.1) is 0 Å². The molecule has 1 atom stereocenters. The maximum absolute atomic E-state index is 2.37. The van der Waals surface area contributed by atoms with Crippen LogP contribution in [0.25, 0.3) is 11.1 Å². The molecule has 0 saturated carbocycles. The van der Waals surface area contributed by atoms with Crippen LogP contribution in [-0.4, -0.2) is 0 Å². The highest BCUT2D eigenvalue weighted by Gasteiger charge is 2.37. The summed E-state index contributed by atoms with van der Waals surface area (Å²) in [6, 6.07) is 15.7. The smallest absolute Gasteiger partial charge is 0.0184 e. The fraction of sp³-hybridized carbons (Fsp3) is 0.294. The summed E-state index contributed by atoms with van der Waals surface area (Å²) in [5.41, 5.74) is 7.38. The summed E-state index contributed by atoms with van der Waals surface area (Å²) in [6.45, 7) is 6.82. The summed E-state index contributed by atoms with van der Waals surface area (Å²) in [7, 11) is 0. The second-order valence-electron chi connectivity index (χ2n) is 5.28. The van der Waals surface area contributed by atoms with Crippen molar-refractivity contribution in [1.82, 2.24) is 0 Å². The molecule has 0 spiro atoms. The second-order valence-corrected chi connectivity index (χ2v) is 5.28. The Labute approximate surface area is 103 Å². The second kappa shape index (κ2) is 3.46. The zero-order chi connectivity index (χ0) is 12.0. The fourth-order valence-corrected chi connectivity index (χ4v) is 3.09. The largest absolute Gasteiger partial charge is 0.0642 e. The van der Waals surface area contributed by atoms with Crippen molar-refractivity contribution in [3.8, 4) is 11.1 Å². The molecular weight excluding hydrogens is 204 g/mol. The van der Waals surface area contributed by atoms with Gasteiger partial charge in [-0.3, -0.25) is 0 Å². The lowest BCUT2D eigenvalue weighted by Crippen LogP contribution is -2.18. The Morgan fingerprint density at radius 2 is 1.65 bits per heavy atom. The van der Waals surface area contributed by atoms with E-state index in [1.807, 2.05) is 0 Å². The van der Waals surface area contributed by atoms with Crippen LogP contribution in [0.3, 0.4) is 0 Å². The van der Waals surface area contributed by atoms with Gasteiger partial charge in [0.2, 0.25) is 0 Å². The summed E-state index contributed by atoms with van der Waals surface area (Å²) in [5.74, 6) is 0. The van der Waals surface area contributed by atoms with Gasteiger partial charge in [-0.05, 0) is 35.6 Å². The third-order valence-electron chi connectivity index (χ3n) is 4.29. The molecule has 0 nitrogen and oxygen atoms in total. The van der Waals surface area contributed by atoms with Crippen LogP contribution in [0.4, 0.5) is 0 Å². The van der Waals surface area contributed by atoms with E-state index in [0.29, 0.717) is 0 Å². The van der Waals surface area contributed by atoms with Gasteiger partial charge < -0.3 is 0 Å². The van der Waals surface area contributed by atoms with E-state index in [2.05, 4.69) is 63.2 Å². The molecule has 3 rings (SSSR count). The molecule has 0 saturated heterocycles. The van der Waals surface area contributed by atoms with Gasteiger partial charge in [-0.1, -0.05) is 61.9 Å². The van der Waals surface area contributed by atoms with Crippen LogP contribution >= 0.6 is 0 Å². The Morgan fingerprint density at radius 1 is 0.941 bits per heavy atom. The Bertz CT molecular complexity index is 580. The summed E-state index contributed by atoms with van der Waals surface area (Å²) in [5, 5.41) is 0. The van der Waals surface area contributed by atoms with Crippen LogP contribution in [0.1, 0.15) is 37.0 Å². The standard InChI is InChI=1S/C17H18/c1-4-17(3)15-8-6-5-7-13(15)14-11-12(2)9-10-16(14)17/h5-11H,4H2,1-3H3. The molecule has 0 heteroatoms. The van der Waals surface area contributed by atoms with Crippen molar-refractivity contribution in [3.05, 3.63) is 59.2 Å². The third kappa shape index (κ3) is 1.30. The molecule has 1 unspecified atom stereocenters. The van der Waals surface area contributed by atoms with Crippen LogP contribution in [0.2, 0.25) is 0 Å². The predicted octanol–water partition coefficient (Wildman–Crippen LogP) is 4.69. The van der Waals surface area contributed by atoms with E-state index in [1.165, 1.54) is 27.8 Å². The lowest BCUT2D eigenvalue weighted by atomic mass is 9.78. The van der Waals surface area contributed by atoms with Crippen LogP contribution in [0.5, 0.6) is 0 Å². The molecule has 1 aliphatic rings. The maximum atomic E-state index is 2.37. The van der Waals surface area contributed by atoms with Crippen molar-refractivity contribution < 1.29 is 0 Å².